The first-order valence-electron chi connectivity index (χ1n) is 21.5. The molecule has 0 spiro atoms. The largest absolute Gasteiger partial charge is 0.507 e. The van der Waals surface area contributed by atoms with Crippen LogP contribution in [-0.2, 0) is 48.6 Å². The Kier molecular flexibility index (Phi) is 12.9. The minimum Gasteiger partial charge on any atom is -0.507 e. The Balaban J connectivity index is 1.25. The number of nitrogens with zero attached hydrogens (tertiary/aromatic N) is 1. The predicted octanol–water partition coefficient (Wildman–Crippen LogP) is 14.1. The third-order valence-corrected chi connectivity index (χ3v) is 11.6. The third-order valence-electron chi connectivity index (χ3n) is 11.6. The number of phenols is 2. The Labute approximate surface area is 355 Å². The summed E-state index contributed by atoms with van der Waals surface area (Å²) in [6, 6.07) is 46.6. The summed E-state index contributed by atoms with van der Waals surface area (Å²) in [5.41, 5.74) is 14.6. The lowest BCUT2D eigenvalue weighted by atomic mass is 9.78. The molecule has 0 bridgehead atoms. The van der Waals surface area contributed by atoms with Crippen LogP contribution in [0.25, 0.3) is 0 Å². The zero-order chi connectivity index (χ0) is 42.7. The van der Waals surface area contributed by atoms with Gasteiger partial charge >= 0.3 is 0 Å². The standard InChI is InChI=1S/C56H67NO2/c1-38(2)48-32-45(33-49(52(48)58)54(3,4)5)36-57(37-46-34-50(55(6,7)8)53(59)51(35-46)56(9,10)11)47-27-25-44(26-28-47)31-43-23-21-42(22-24-43)30-41-19-17-40(18-20-41)29-39-15-13-12-14-16-39/h12-28,32-35,38,58-59H,29-31,36-37H2,1-11H3. The van der Waals surface area contributed by atoms with Crippen LogP contribution < -0.4 is 4.90 Å². The van der Waals surface area contributed by atoms with Crippen molar-refractivity contribution in [2.24, 2.45) is 0 Å². The summed E-state index contributed by atoms with van der Waals surface area (Å²) in [6.07, 6.45) is 2.74. The average Bonchev–Trinajstić information content (AvgIpc) is 3.16. The van der Waals surface area contributed by atoms with Crippen molar-refractivity contribution in [3.05, 3.63) is 194 Å². The van der Waals surface area contributed by atoms with Gasteiger partial charge in [0.1, 0.15) is 11.5 Å². The van der Waals surface area contributed by atoms with E-state index in [0.717, 1.165) is 47.2 Å². The van der Waals surface area contributed by atoms with Gasteiger partial charge in [0.2, 0.25) is 0 Å². The Hall–Kier alpha value is -5.28. The second kappa shape index (κ2) is 17.5. The van der Waals surface area contributed by atoms with Crippen LogP contribution in [0, 0.1) is 0 Å². The topological polar surface area (TPSA) is 43.7 Å². The first-order valence-corrected chi connectivity index (χ1v) is 21.5. The molecule has 0 fully saturated rings. The quantitative estimate of drug-likeness (QED) is 0.130. The normalized spacial score (nSPS) is 12.3. The van der Waals surface area contributed by atoms with Crippen molar-refractivity contribution in [3.8, 4) is 11.5 Å². The molecular formula is C56H67NO2. The van der Waals surface area contributed by atoms with Gasteiger partial charge in [0, 0.05) is 18.8 Å². The second-order valence-corrected chi connectivity index (χ2v) is 20.2. The van der Waals surface area contributed by atoms with Gasteiger partial charge in [-0.3, -0.25) is 0 Å². The SMILES string of the molecule is CC(C)c1cc(CN(Cc2cc(C(C)(C)C)c(O)c(C(C)(C)C)c2)c2ccc(Cc3ccc(Cc4ccc(Cc5ccccc5)cc4)cc3)cc2)cc(C(C)(C)C)c1O. The molecular weight excluding hydrogens is 719 g/mol. The lowest BCUT2D eigenvalue weighted by Gasteiger charge is -2.31. The third kappa shape index (κ3) is 11.1. The molecule has 0 atom stereocenters. The van der Waals surface area contributed by atoms with Crippen molar-refractivity contribution >= 4 is 5.69 Å². The molecule has 0 saturated carbocycles. The molecule has 0 heterocycles. The van der Waals surface area contributed by atoms with Crippen LogP contribution in [0.15, 0.2) is 127 Å². The van der Waals surface area contributed by atoms with Gasteiger partial charge in [-0.15, -0.1) is 0 Å². The maximum Gasteiger partial charge on any atom is 0.123 e. The summed E-state index contributed by atoms with van der Waals surface area (Å²) in [4.78, 5) is 2.45. The zero-order valence-corrected chi connectivity index (χ0v) is 37.6. The van der Waals surface area contributed by atoms with Crippen LogP contribution in [0.2, 0.25) is 0 Å². The number of phenolic OH excluding ortho intramolecular Hbond substituents is 2. The molecule has 0 aliphatic carbocycles. The molecule has 0 saturated heterocycles. The van der Waals surface area contributed by atoms with E-state index < -0.39 is 0 Å². The van der Waals surface area contributed by atoms with Gasteiger partial charge in [-0.1, -0.05) is 173 Å². The van der Waals surface area contributed by atoms with Crippen molar-refractivity contribution < 1.29 is 10.2 Å². The Morgan fingerprint density at radius 2 is 0.729 bits per heavy atom. The molecule has 2 N–H and O–H groups in total. The van der Waals surface area contributed by atoms with Crippen molar-refractivity contribution in [3.63, 3.8) is 0 Å². The maximum absolute atomic E-state index is 11.5. The lowest BCUT2D eigenvalue weighted by Crippen LogP contribution is -2.24. The smallest absolute Gasteiger partial charge is 0.123 e. The first-order chi connectivity index (χ1) is 27.7. The molecule has 308 valence electrons. The Bertz CT molecular complexity index is 2280. The van der Waals surface area contributed by atoms with Crippen LogP contribution in [0.5, 0.6) is 11.5 Å². The van der Waals surface area contributed by atoms with Crippen molar-refractivity contribution in [2.45, 2.75) is 131 Å². The Morgan fingerprint density at radius 3 is 1.08 bits per heavy atom. The summed E-state index contributed by atoms with van der Waals surface area (Å²) >= 11 is 0. The molecule has 59 heavy (non-hydrogen) atoms. The fourth-order valence-corrected chi connectivity index (χ4v) is 8.11. The highest BCUT2D eigenvalue weighted by Crippen LogP contribution is 2.41. The zero-order valence-electron chi connectivity index (χ0n) is 37.6. The summed E-state index contributed by atoms with van der Waals surface area (Å²) in [6.45, 7) is 25.2. The number of hydrogen-bond donors (Lipinski definition) is 2. The maximum atomic E-state index is 11.5. The fraction of sp³-hybridized carbons (Fsp3) is 0.357. The minimum atomic E-state index is -0.218. The van der Waals surface area contributed by atoms with E-state index in [-0.39, 0.29) is 22.2 Å². The number of benzene rings is 6. The van der Waals surface area contributed by atoms with E-state index in [1.165, 1.54) is 44.5 Å². The second-order valence-electron chi connectivity index (χ2n) is 20.2. The fourth-order valence-electron chi connectivity index (χ4n) is 8.11. The highest BCUT2D eigenvalue weighted by atomic mass is 16.3. The molecule has 0 unspecified atom stereocenters. The van der Waals surface area contributed by atoms with Crippen LogP contribution >= 0.6 is 0 Å². The van der Waals surface area contributed by atoms with E-state index in [1.54, 1.807) is 0 Å². The van der Waals surface area contributed by atoms with Gasteiger partial charge in [0.15, 0.2) is 0 Å². The molecule has 0 aliphatic heterocycles. The number of hydrogen-bond acceptors (Lipinski definition) is 3. The molecule has 6 aromatic rings. The number of rotatable bonds is 12. The molecule has 0 aromatic heterocycles. The molecule has 0 radical (unpaired) electrons. The molecule has 3 nitrogen and oxygen atoms in total. The van der Waals surface area contributed by atoms with E-state index in [1.807, 2.05) is 0 Å². The monoisotopic (exact) mass is 786 g/mol. The highest BCUT2D eigenvalue weighted by molar-refractivity contribution is 5.55. The van der Waals surface area contributed by atoms with Crippen molar-refractivity contribution in [1.29, 1.82) is 0 Å². The van der Waals surface area contributed by atoms with E-state index >= 15 is 0 Å². The lowest BCUT2D eigenvalue weighted by molar-refractivity contribution is 0.422. The van der Waals surface area contributed by atoms with E-state index in [4.69, 9.17) is 0 Å². The average molecular weight is 786 g/mol. The predicted molar refractivity (Wildman–Crippen MR) is 250 cm³/mol. The molecule has 3 heteroatoms. The van der Waals surface area contributed by atoms with Gasteiger partial charge in [-0.25, -0.2) is 0 Å². The van der Waals surface area contributed by atoms with E-state index in [0.29, 0.717) is 24.6 Å². The highest BCUT2D eigenvalue weighted by Gasteiger charge is 2.28. The van der Waals surface area contributed by atoms with Crippen LogP contribution in [0.3, 0.4) is 0 Å². The summed E-state index contributed by atoms with van der Waals surface area (Å²) in [7, 11) is 0. The summed E-state index contributed by atoms with van der Waals surface area (Å²) < 4.78 is 0. The number of aromatic hydroxyl groups is 2. The first kappa shape index (κ1) is 43.3. The van der Waals surface area contributed by atoms with Gasteiger partial charge in [0.05, 0.1) is 0 Å². The Morgan fingerprint density at radius 1 is 0.407 bits per heavy atom. The van der Waals surface area contributed by atoms with Crippen LogP contribution in [-0.4, -0.2) is 10.2 Å². The van der Waals surface area contributed by atoms with Crippen molar-refractivity contribution in [1.82, 2.24) is 0 Å². The van der Waals surface area contributed by atoms with Gasteiger partial charge < -0.3 is 15.1 Å². The summed E-state index contributed by atoms with van der Waals surface area (Å²) in [5.74, 6) is 1.01. The van der Waals surface area contributed by atoms with Crippen molar-refractivity contribution in [2.75, 3.05) is 4.90 Å². The molecule has 6 aromatic carbocycles. The molecule has 0 amide bonds. The van der Waals surface area contributed by atoms with E-state index in [2.05, 4.69) is 208 Å². The van der Waals surface area contributed by atoms with E-state index in [9.17, 15) is 10.2 Å². The van der Waals surface area contributed by atoms with Crippen LogP contribution in [0.1, 0.15) is 149 Å². The summed E-state index contributed by atoms with van der Waals surface area (Å²) in [5, 5.41) is 22.9. The van der Waals surface area contributed by atoms with Gasteiger partial charge in [0.25, 0.3) is 0 Å². The molecule has 6 rings (SSSR count). The molecule has 0 aliphatic rings. The van der Waals surface area contributed by atoms with Crippen LogP contribution in [0.4, 0.5) is 5.69 Å². The van der Waals surface area contributed by atoms with Gasteiger partial charge in [-0.2, -0.15) is 0 Å². The minimum absolute atomic E-state index is 0.190. The van der Waals surface area contributed by atoms with Gasteiger partial charge in [-0.05, 0) is 139 Å². The number of anilines is 1.